The molecule has 0 bridgehead atoms. The van der Waals surface area contributed by atoms with Gasteiger partial charge in [0.2, 0.25) is 0 Å². The van der Waals surface area contributed by atoms with Crippen LogP contribution in [-0.4, -0.2) is 10.2 Å². The topological polar surface area (TPSA) is 49.7 Å². The van der Waals surface area contributed by atoms with Crippen molar-refractivity contribution in [3.63, 3.8) is 0 Å². The molecule has 5 aromatic rings. The van der Waals surface area contributed by atoms with Gasteiger partial charge in [-0.2, -0.15) is 0 Å². The van der Waals surface area contributed by atoms with Gasteiger partial charge in [-0.05, 0) is 73.9 Å². The van der Waals surface area contributed by atoms with Crippen LogP contribution in [0.1, 0.15) is 22.6 Å². The molecule has 0 aromatic heterocycles. The fraction of sp³-hybridized carbons (Fsp3) is 0.0303. The molecule has 1 aliphatic rings. The first kappa shape index (κ1) is 21.8. The molecule has 1 aliphatic heterocycles. The Balaban J connectivity index is 1.75. The van der Waals surface area contributed by atoms with Crippen LogP contribution < -0.4 is 15.2 Å². The maximum Gasteiger partial charge on any atom is 0.132 e. The second-order valence-corrected chi connectivity index (χ2v) is 9.14. The van der Waals surface area contributed by atoms with Crippen molar-refractivity contribution in [3.8, 4) is 23.0 Å². The lowest BCUT2D eigenvalue weighted by atomic mass is 9.79. The van der Waals surface area contributed by atoms with Gasteiger partial charge in [-0.25, -0.2) is 0 Å². The van der Waals surface area contributed by atoms with E-state index < -0.39 is 0 Å². The molecule has 1 atom stereocenters. The highest BCUT2D eigenvalue weighted by Crippen LogP contribution is 2.49. The van der Waals surface area contributed by atoms with E-state index in [-0.39, 0.29) is 17.4 Å². The molecule has 2 N–H and O–H groups in total. The van der Waals surface area contributed by atoms with E-state index in [2.05, 4.69) is 43.5 Å². The molecule has 5 aromatic carbocycles. The van der Waals surface area contributed by atoms with Crippen LogP contribution in [0.15, 0.2) is 103 Å². The molecule has 36 heavy (non-hydrogen) atoms. The summed E-state index contributed by atoms with van der Waals surface area (Å²) in [6.45, 7) is 8.39. The molecule has 1 unspecified atom stereocenters. The Labute approximate surface area is 208 Å². The van der Waals surface area contributed by atoms with E-state index in [0.717, 1.165) is 43.8 Å². The lowest BCUT2D eigenvalue weighted by Crippen LogP contribution is -2.19. The molecule has 0 amide bonds. The molecular weight excluding hydrogens is 444 g/mol. The number of fused-ring (bicyclic) bond motifs is 5. The van der Waals surface area contributed by atoms with Gasteiger partial charge in [0.15, 0.2) is 0 Å². The van der Waals surface area contributed by atoms with Crippen LogP contribution in [0.25, 0.3) is 34.7 Å². The largest absolute Gasteiger partial charge is 0.508 e. The zero-order valence-electron chi connectivity index (χ0n) is 19.6. The molecule has 6 rings (SSSR count). The van der Waals surface area contributed by atoms with Crippen LogP contribution in [0.5, 0.6) is 23.0 Å². The Morgan fingerprint density at radius 1 is 0.583 bits per heavy atom. The summed E-state index contributed by atoms with van der Waals surface area (Å²) in [5.41, 5.74) is 3.03. The first-order chi connectivity index (χ1) is 17.5. The van der Waals surface area contributed by atoms with E-state index >= 15 is 0 Å². The molecule has 3 nitrogen and oxygen atoms in total. The highest BCUT2D eigenvalue weighted by atomic mass is 16.5. The maximum absolute atomic E-state index is 10.3. The summed E-state index contributed by atoms with van der Waals surface area (Å²) in [7, 11) is 0. The zero-order valence-corrected chi connectivity index (χ0v) is 19.6. The number of rotatable bonds is 1. The summed E-state index contributed by atoms with van der Waals surface area (Å²) < 4.78 is 6.50. The van der Waals surface area contributed by atoms with Gasteiger partial charge in [0, 0.05) is 17.0 Å². The number of hydrogen-bond donors (Lipinski definition) is 2. The van der Waals surface area contributed by atoms with Gasteiger partial charge in [0.05, 0.1) is 0 Å². The normalized spacial score (nSPS) is 13.9. The molecule has 3 heteroatoms. The van der Waals surface area contributed by atoms with Crippen LogP contribution in [-0.2, 0) is 0 Å². The number of phenols is 1. The summed E-state index contributed by atoms with van der Waals surface area (Å²) in [6, 6.07) is 32.9. The number of hydrogen-bond acceptors (Lipinski definition) is 3. The van der Waals surface area contributed by atoms with Crippen molar-refractivity contribution in [1.29, 1.82) is 0 Å². The van der Waals surface area contributed by atoms with E-state index in [1.54, 1.807) is 24.3 Å². The highest BCUT2D eigenvalue weighted by molar-refractivity contribution is 5.92. The Morgan fingerprint density at radius 3 is 2.14 bits per heavy atom. The Morgan fingerprint density at radius 2 is 1.28 bits per heavy atom. The molecule has 1 heterocycles. The van der Waals surface area contributed by atoms with Crippen LogP contribution in [0.2, 0.25) is 0 Å². The predicted octanol–water partition coefficient (Wildman–Crippen LogP) is 6.64. The summed E-state index contributed by atoms with van der Waals surface area (Å²) in [4.78, 5) is 0. The van der Waals surface area contributed by atoms with Gasteiger partial charge < -0.3 is 14.9 Å². The summed E-state index contributed by atoms with van der Waals surface area (Å²) >= 11 is 0. The monoisotopic (exact) mass is 468 g/mol. The van der Waals surface area contributed by atoms with E-state index in [0.29, 0.717) is 11.0 Å². The van der Waals surface area contributed by atoms with Crippen molar-refractivity contribution >= 4 is 34.7 Å². The van der Waals surface area contributed by atoms with Crippen LogP contribution in [0.4, 0.5) is 0 Å². The minimum absolute atomic E-state index is 0.107. The van der Waals surface area contributed by atoms with Crippen molar-refractivity contribution in [2.24, 2.45) is 0 Å². The third kappa shape index (κ3) is 3.71. The number of phenolic OH excluding ortho intramolecular Hbond substituents is 1. The number of aromatic hydroxyl groups is 2. The smallest absolute Gasteiger partial charge is 0.132 e. The number of benzene rings is 4. The fourth-order valence-electron chi connectivity index (χ4n) is 5.10. The fourth-order valence-corrected chi connectivity index (χ4v) is 5.10. The lowest BCUT2D eigenvalue weighted by molar-refractivity contribution is 0.454. The second-order valence-electron chi connectivity index (χ2n) is 9.14. The van der Waals surface area contributed by atoms with Gasteiger partial charge >= 0.3 is 0 Å². The highest BCUT2D eigenvalue weighted by Gasteiger charge is 2.30. The van der Waals surface area contributed by atoms with E-state index in [1.165, 1.54) is 5.39 Å². The quantitative estimate of drug-likeness (QED) is 0.285. The van der Waals surface area contributed by atoms with Crippen molar-refractivity contribution < 1.29 is 14.9 Å². The summed E-state index contributed by atoms with van der Waals surface area (Å²) in [5.74, 6) is 1.57. The van der Waals surface area contributed by atoms with Crippen molar-refractivity contribution in [2.75, 3.05) is 0 Å². The summed E-state index contributed by atoms with van der Waals surface area (Å²) in [6.07, 6.45) is 0. The molecule has 174 valence electrons. The molecular formula is C33H24O3. The van der Waals surface area contributed by atoms with E-state index in [1.807, 2.05) is 48.5 Å². The van der Waals surface area contributed by atoms with E-state index in [4.69, 9.17) is 4.74 Å². The van der Waals surface area contributed by atoms with Crippen LogP contribution in [0, 0.1) is 0 Å². The van der Waals surface area contributed by atoms with Gasteiger partial charge in [0.1, 0.15) is 23.0 Å². The Bertz CT molecular complexity index is 1840. The molecule has 0 saturated heterocycles. The van der Waals surface area contributed by atoms with Crippen LogP contribution in [0.3, 0.4) is 0 Å². The van der Waals surface area contributed by atoms with Crippen LogP contribution >= 0.6 is 0 Å². The first-order valence-electron chi connectivity index (χ1n) is 11.8. The Kier molecular flexibility index (Phi) is 5.12. The Hall–Kier alpha value is -4.76. The maximum atomic E-state index is 10.3. The standard InChI is InChI=1S/C33H24O3/c1-20-7-15-29-31(21(2)8-12-26(34)17-20)32(25-10-9-22-5-3-4-6-23(22)18-25)33-28-14-13-27(35)19-24(28)11-16-30(33)36-29/h3-19,32,34-35H,1-2H2. The molecule has 0 spiro atoms. The third-order valence-electron chi connectivity index (χ3n) is 6.76. The van der Waals surface area contributed by atoms with Crippen molar-refractivity contribution in [3.05, 3.63) is 130 Å². The zero-order chi connectivity index (χ0) is 24.8. The predicted molar refractivity (Wildman–Crippen MR) is 147 cm³/mol. The van der Waals surface area contributed by atoms with Gasteiger partial charge in [0.25, 0.3) is 0 Å². The minimum Gasteiger partial charge on any atom is -0.508 e. The average molecular weight is 469 g/mol. The lowest BCUT2D eigenvalue weighted by Gasteiger charge is -2.30. The van der Waals surface area contributed by atoms with Gasteiger partial charge in [-0.1, -0.05) is 79.9 Å². The molecule has 0 saturated carbocycles. The van der Waals surface area contributed by atoms with Crippen molar-refractivity contribution in [1.82, 2.24) is 0 Å². The molecule has 0 radical (unpaired) electrons. The number of ether oxygens (including phenoxy) is 1. The second kappa shape index (κ2) is 8.47. The molecule has 0 aliphatic carbocycles. The van der Waals surface area contributed by atoms with E-state index in [9.17, 15) is 10.2 Å². The van der Waals surface area contributed by atoms with Gasteiger partial charge in [-0.3, -0.25) is 0 Å². The third-order valence-corrected chi connectivity index (χ3v) is 6.76. The average Bonchev–Trinajstić information content (AvgIpc) is 2.88. The molecule has 0 fully saturated rings. The minimum atomic E-state index is -0.192. The summed E-state index contributed by atoms with van der Waals surface area (Å²) in [5, 5.41) is 26.1. The van der Waals surface area contributed by atoms with Crippen molar-refractivity contribution in [2.45, 2.75) is 5.92 Å². The van der Waals surface area contributed by atoms with Gasteiger partial charge in [-0.15, -0.1) is 0 Å². The SMILES string of the molecule is C=c1ccc2c(c(=C)ccc(O)c1)C(c1ccc3ccccc3c1)c1c(ccc3cc(O)ccc13)O2. The first-order valence-corrected chi connectivity index (χ1v) is 11.8.